The molecular formula is C15H30N6O. The molecule has 0 amide bonds. The lowest BCUT2D eigenvalue weighted by Crippen LogP contribution is -2.33. The predicted octanol–water partition coefficient (Wildman–Crippen LogP) is -0.296. The van der Waals surface area contributed by atoms with E-state index in [4.69, 9.17) is 0 Å². The molecule has 0 aliphatic rings. The average Bonchev–Trinajstić information content (AvgIpc) is 2.54. The lowest BCUT2D eigenvalue weighted by Gasteiger charge is -2.26. The van der Waals surface area contributed by atoms with E-state index >= 15 is 0 Å². The van der Waals surface area contributed by atoms with Gasteiger partial charge < -0.3 is 37.0 Å². The highest BCUT2D eigenvalue weighted by atomic mass is 16.3. The van der Waals surface area contributed by atoms with Crippen LogP contribution in [0.1, 0.15) is 35.2 Å². The first-order valence-corrected chi connectivity index (χ1v) is 7.48. The summed E-state index contributed by atoms with van der Waals surface area (Å²) >= 11 is 0. The largest absolute Gasteiger partial charge is 0.507 e. The third-order valence-electron chi connectivity index (χ3n) is 3.88. The van der Waals surface area contributed by atoms with Crippen LogP contribution >= 0.6 is 0 Å². The molecule has 0 unspecified atom stereocenters. The molecule has 0 aliphatic heterocycles. The lowest BCUT2D eigenvalue weighted by atomic mass is 9.98. The third kappa shape index (κ3) is 3.95. The van der Waals surface area contributed by atoms with Gasteiger partial charge in [-0.3, -0.25) is 0 Å². The minimum absolute atomic E-state index is 0.00169. The Bertz CT molecular complexity index is 422. The summed E-state index contributed by atoms with van der Waals surface area (Å²) in [5.41, 5.74) is 2.67. The molecule has 0 spiro atoms. The van der Waals surface area contributed by atoms with Crippen LogP contribution in [0.4, 0.5) is 0 Å². The number of rotatable bonds is 9. The fourth-order valence-corrected chi connectivity index (χ4v) is 2.70. The van der Waals surface area contributed by atoms with E-state index in [1.165, 1.54) is 0 Å². The zero-order chi connectivity index (χ0) is 16.7. The van der Waals surface area contributed by atoms with Gasteiger partial charge in [-0.05, 0) is 60.0 Å². The zero-order valence-corrected chi connectivity index (χ0v) is 14.3. The van der Waals surface area contributed by atoms with Crippen molar-refractivity contribution in [2.24, 2.45) is 0 Å². The van der Waals surface area contributed by atoms with Crippen molar-refractivity contribution in [2.75, 3.05) is 42.3 Å². The Labute approximate surface area is 133 Å². The minimum Gasteiger partial charge on any atom is -0.507 e. The van der Waals surface area contributed by atoms with E-state index in [0.717, 1.165) is 16.7 Å². The van der Waals surface area contributed by atoms with Gasteiger partial charge in [0, 0.05) is 11.1 Å². The number of phenolic OH excluding ortho intramolecular Hbond substituents is 1. The highest BCUT2D eigenvalue weighted by Gasteiger charge is 2.22. The van der Waals surface area contributed by atoms with Gasteiger partial charge in [-0.25, -0.2) is 0 Å². The molecule has 0 atom stereocenters. The summed E-state index contributed by atoms with van der Waals surface area (Å²) in [5.74, 6) is 0.275. The van der Waals surface area contributed by atoms with E-state index in [2.05, 4.69) is 31.9 Å². The van der Waals surface area contributed by atoms with Gasteiger partial charge in [0.15, 0.2) is 0 Å². The van der Waals surface area contributed by atoms with Gasteiger partial charge in [0.05, 0.1) is 18.5 Å². The van der Waals surface area contributed by atoms with E-state index in [-0.39, 0.29) is 24.2 Å². The van der Waals surface area contributed by atoms with E-state index < -0.39 is 0 Å². The van der Waals surface area contributed by atoms with Gasteiger partial charge >= 0.3 is 0 Å². The highest BCUT2D eigenvalue weighted by molar-refractivity contribution is 5.47. The van der Waals surface area contributed by atoms with Gasteiger partial charge in [-0.2, -0.15) is 0 Å². The number of hydrogen-bond acceptors (Lipinski definition) is 7. The van der Waals surface area contributed by atoms with Crippen molar-refractivity contribution in [3.63, 3.8) is 0 Å². The highest BCUT2D eigenvalue weighted by Crippen LogP contribution is 2.33. The van der Waals surface area contributed by atoms with Gasteiger partial charge in [0.1, 0.15) is 5.75 Å². The molecule has 0 fully saturated rings. The van der Waals surface area contributed by atoms with Crippen LogP contribution in [-0.4, -0.2) is 47.4 Å². The van der Waals surface area contributed by atoms with Gasteiger partial charge in [-0.15, -0.1) is 0 Å². The van der Waals surface area contributed by atoms with Gasteiger partial charge in [0.2, 0.25) is 0 Å². The van der Waals surface area contributed by atoms with Crippen molar-refractivity contribution in [2.45, 2.75) is 18.5 Å². The zero-order valence-electron chi connectivity index (χ0n) is 14.3. The van der Waals surface area contributed by atoms with Crippen LogP contribution in [0.3, 0.4) is 0 Å². The van der Waals surface area contributed by atoms with Crippen LogP contribution in [0.5, 0.6) is 5.75 Å². The normalized spacial score (nSPS) is 11.9. The molecule has 0 saturated carbocycles. The average molecular weight is 310 g/mol. The summed E-state index contributed by atoms with van der Waals surface area (Å²) in [6, 6.07) is 3.99. The summed E-state index contributed by atoms with van der Waals surface area (Å²) < 4.78 is 0. The second-order valence-electron chi connectivity index (χ2n) is 5.08. The topological polar surface area (TPSA) is 92.4 Å². The van der Waals surface area contributed by atoms with Crippen LogP contribution in [0, 0.1) is 0 Å². The fraction of sp³-hybridized carbons (Fsp3) is 0.600. The van der Waals surface area contributed by atoms with Crippen LogP contribution in [0.15, 0.2) is 12.1 Å². The van der Waals surface area contributed by atoms with Crippen LogP contribution in [0.2, 0.25) is 0 Å². The maximum absolute atomic E-state index is 10.7. The summed E-state index contributed by atoms with van der Waals surface area (Å²) in [4.78, 5) is 0. The predicted molar refractivity (Wildman–Crippen MR) is 90.7 cm³/mol. The van der Waals surface area contributed by atoms with Crippen LogP contribution in [-0.2, 0) is 0 Å². The molecule has 0 heterocycles. The Morgan fingerprint density at radius 3 is 1.23 bits per heavy atom. The molecule has 1 rings (SSSR count). The van der Waals surface area contributed by atoms with Crippen molar-refractivity contribution in [3.05, 3.63) is 28.8 Å². The summed E-state index contributed by atoms with van der Waals surface area (Å²) in [5, 5.41) is 29.8. The molecule has 0 radical (unpaired) electrons. The molecule has 126 valence electrons. The number of phenols is 1. The first-order valence-electron chi connectivity index (χ1n) is 7.48. The van der Waals surface area contributed by atoms with Crippen molar-refractivity contribution in [1.82, 2.24) is 31.9 Å². The second-order valence-corrected chi connectivity index (χ2v) is 5.08. The van der Waals surface area contributed by atoms with Crippen molar-refractivity contribution in [1.29, 1.82) is 0 Å². The first-order chi connectivity index (χ1) is 10.6. The lowest BCUT2D eigenvalue weighted by molar-refractivity contribution is 0.411. The quantitative estimate of drug-likeness (QED) is 0.315. The summed E-state index contributed by atoms with van der Waals surface area (Å²) in [7, 11) is 11.2. The van der Waals surface area contributed by atoms with Crippen LogP contribution < -0.4 is 31.9 Å². The Balaban J connectivity index is 3.48. The number of benzene rings is 1. The van der Waals surface area contributed by atoms with E-state index in [9.17, 15) is 5.11 Å². The summed E-state index contributed by atoms with van der Waals surface area (Å²) in [6.07, 6.45) is -0.272. The van der Waals surface area contributed by atoms with Crippen molar-refractivity contribution >= 4 is 0 Å². The molecule has 7 heteroatoms. The summed E-state index contributed by atoms with van der Waals surface area (Å²) in [6.45, 7) is 0. The second kappa shape index (κ2) is 9.04. The van der Waals surface area contributed by atoms with E-state index in [1.807, 2.05) is 54.4 Å². The van der Waals surface area contributed by atoms with Gasteiger partial charge in [-0.1, -0.05) is 0 Å². The Morgan fingerprint density at radius 2 is 0.955 bits per heavy atom. The number of aromatic hydroxyl groups is 1. The van der Waals surface area contributed by atoms with Crippen molar-refractivity contribution < 1.29 is 5.11 Å². The monoisotopic (exact) mass is 310 g/mol. The standard InChI is InChI=1S/C15H30N6O/c1-16-13(17-2)9-7-10(14(18-3)19-4)12(22)11(8-9)15(20-5)21-6/h7-8,13-22H,1-6H3. The molecule has 1 aromatic carbocycles. The molecular weight excluding hydrogens is 280 g/mol. The molecule has 7 N–H and O–H groups in total. The maximum atomic E-state index is 10.7. The number of nitrogens with one attached hydrogen (secondary N) is 6. The molecule has 22 heavy (non-hydrogen) atoms. The Morgan fingerprint density at radius 1 is 0.636 bits per heavy atom. The fourth-order valence-electron chi connectivity index (χ4n) is 2.70. The first kappa shape index (κ1) is 18.8. The molecule has 0 saturated heterocycles. The maximum Gasteiger partial charge on any atom is 0.127 e. The number of hydrogen-bond donors (Lipinski definition) is 7. The van der Waals surface area contributed by atoms with E-state index in [1.54, 1.807) is 0 Å². The van der Waals surface area contributed by atoms with Crippen molar-refractivity contribution in [3.8, 4) is 5.75 Å². The molecule has 0 aromatic heterocycles. The SMILES string of the molecule is CNC(NC)c1cc(C(NC)NC)c(O)c(C(NC)NC)c1. The Kier molecular flexibility index (Phi) is 7.74. The molecule has 0 aliphatic carbocycles. The molecule has 1 aromatic rings. The third-order valence-corrected chi connectivity index (χ3v) is 3.88. The van der Waals surface area contributed by atoms with Gasteiger partial charge in [0.25, 0.3) is 0 Å². The van der Waals surface area contributed by atoms with E-state index in [0.29, 0.717) is 0 Å². The minimum atomic E-state index is -0.137. The van der Waals surface area contributed by atoms with Crippen LogP contribution in [0.25, 0.3) is 0 Å². The Hall–Kier alpha value is -1.22. The molecule has 7 nitrogen and oxygen atoms in total. The smallest absolute Gasteiger partial charge is 0.127 e. The molecule has 0 bridgehead atoms.